The van der Waals surface area contributed by atoms with Gasteiger partial charge in [-0.3, -0.25) is 14.2 Å². The van der Waals surface area contributed by atoms with Crippen LogP contribution >= 0.6 is 23.2 Å². The Labute approximate surface area is 202 Å². The molecule has 2 atom stereocenters. The molecular weight excluding hydrogens is 457 g/mol. The molecule has 0 aliphatic heterocycles. The standard InChI is InChI=1S/C26H23Cl2N3O2/c1-16-15-19(27)13-14-22(16)31-24(29-21-12-8-7-11-20(21)25(31)32)17(2)30(3)26(33)23(28)18-9-5-4-6-10-18/h4-15,17,23H,1-3H3. The minimum Gasteiger partial charge on any atom is -0.334 e. The van der Waals surface area contributed by atoms with Crippen molar-refractivity contribution in [3.8, 4) is 5.69 Å². The van der Waals surface area contributed by atoms with Crippen LogP contribution in [0.15, 0.2) is 77.6 Å². The maximum Gasteiger partial charge on any atom is 0.266 e. The van der Waals surface area contributed by atoms with Crippen molar-refractivity contribution in [2.24, 2.45) is 0 Å². The smallest absolute Gasteiger partial charge is 0.266 e. The molecule has 0 radical (unpaired) electrons. The Morgan fingerprint density at radius 1 is 1.03 bits per heavy atom. The maximum absolute atomic E-state index is 13.6. The van der Waals surface area contributed by atoms with Crippen LogP contribution in [0.5, 0.6) is 0 Å². The highest BCUT2D eigenvalue weighted by molar-refractivity contribution is 6.31. The lowest BCUT2D eigenvalue weighted by atomic mass is 10.1. The highest BCUT2D eigenvalue weighted by Gasteiger charge is 2.29. The summed E-state index contributed by atoms with van der Waals surface area (Å²) in [4.78, 5) is 33.2. The van der Waals surface area contributed by atoms with Crippen LogP contribution in [0, 0.1) is 6.92 Å². The van der Waals surface area contributed by atoms with E-state index in [4.69, 9.17) is 28.2 Å². The molecule has 4 aromatic rings. The summed E-state index contributed by atoms with van der Waals surface area (Å²) < 4.78 is 1.56. The van der Waals surface area contributed by atoms with Crippen LogP contribution in [0.25, 0.3) is 16.6 Å². The van der Waals surface area contributed by atoms with Gasteiger partial charge in [0, 0.05) is 12.1 Å². The zero-order chi connectivity index (χ0) is 23.7. The SMILES string of the molecule is Cc1cc(Cl)ccc1-n1c(C(C)N(C)C(=O)C(Cl)c2ccccc2)nc2ccccc2c1=O. The van der Waals surface area contributed by atoms with Crippen molar-refractivity contribution in [3.05, 3.63) is 105 Å². The lowest BCUT2D eigenvalue weighted by molar-refractivity contribution is -0.131. The number of alkyl halides is 1. The molecule has 0 aliphatic carbocycles. The molecule has 1 aromatic heterocycles. The van der Waals surface area contributed by atoms with E-state index >= 15 is 0 Å². The average Bonchev–Trinajstić information content (AvgIpc) is 2.83. The third-order valence-electron chi connectivity index (χ3n) is 5.81. The number of likely N-dealkylation sites (N-methyl/N-ethyl adjacent to an activating group) is 1. The van der Waals surface area contributed by atoms with Crippen LogP contribution in [-0.2, 0) is 4.79 Å². The van der Waals surface area contributed by atoms with Crippen molar-refractivity contribution < 1.29 is 4.79 Å². The normalized spacial score (nSPS) is 13.0. The number of para-hydroxylation sites is 1. The van der Waals surface area contributed by atoms with Crippen molar-refractivity contribution >= 4 is 40.0 Å². The van der Waals surface area contributed by atoms with Gasteiger partial charge in [0.1, 0.15) is 11.2 Å². The Bertz CT molecular complexity index is 1390. The molecule has 33 heavy (non-hydrogen) atoms. The van der Waals surface area contributed by atoms with Gasteiger partial charge >= 0.3 is 0 Å². The number of aryl methyl sites for hydroxylation is 1. The number of carbonyl (C=O) groups excluding carboxylic acids is 1. The first-order chi connectivity index (χ1) is 15.8. The fraction of sp³-hybridized carbons (Fsp3) is 0.192. The molecule has 1 amide bonds. The Hall–Kier alpha value is -3.15. The van der Waals surface area contributed by atoms with Crippen LogP contribution in [-0.4, -0.2) is 27.4 Å². The van der Waals surface area contributed by atoms with Gasteiger partial charge in [-0.15, -0.1) is 11.6 Å². The van der Waals surface area contributed by atoms with Gasteiger partial charge in [-0.2, -0.15) is 0 Å². The Morgan fingerprint density at radius 2 is 1.70 bits per heavy atom. The second-order valence-electron chi connectivity index (χ2n) is 7.96. The Kier molecular flexibility index (Phi) is 6.54. The number of carbonyl (C=O) groups is 1. The number of amides is 1. The summed E-state index contributed by atoms with van der Waals surface area (Å²) in [5.74, 6) is 0.161. The first-order valence-electron chi connectivity index (χ1n) is 10.5. The van der Waals surface area contributed by atoms with Crippen molar-refractivity contribution in [3.63, 3.8) is 0 Å². The summed E-state index contributed by atoms with van der Waals surface area (Å²) in [6.07, 6.45) is 0. The molecule has 5 nitrogen and oxygen atoms in total. The molecule has 168 valence electrons. The number of aromatic nitrogens is 2. The summed E-state index contributed by atoms with van der Waals surface area (Å²) in [7, 11) is 1.67. The maximum atomic E-state index is 13.6. The number of benzene rings is 3. The molecule has 0 fully saturated rings. The van der Waals surface area contributed by atoms with Crippen molar-refractivity contribution in [1.82, 2.24) is 14.5 Å². The van der Waals surface area contributed by atoms with E-state index in [0.29, 0.717) is 33.0 Å². The lowest BCUT2D eigenvalue weighted by Gasteiger charge is -2.29. The molecule has 7 heteroatoms. The largest absolute Gasteiger partial charge is 0.334 e. The van der Waals surface area contributed by atoms with Crippen molar-refractivity contribution in [2.75, 3.05) is 7.05 Å². The Morgan fingerprint density at radius 3 is 2.39 bits per heavy atom. The van der Waals surface area contributed by atoms with Crippen LogP contribution in [0.1, 0.15) is 35.3 Å². The number of rotatable bonds is 5. The topological polar surface area (TPSA) is 55.2 Å². The van der Waals surface area contributed by atoms with E-state index in [0.717, 1.165) is 5.56 Å². The molecule has 0 bridgehead atoms. The molecule has 3 aromatic carbocycles. The molecule has 1 heterocycles. The minimum absolute atomic E-state index is 0.209. The second-order valence-corrected chi connectivity index (χ2v) is 8.83. The monoisotopic (exact) mass is 479 g/mol. The Balaban J connectivity index is 1.85. The molecule has 0 saturated carbocycles. The summed E-state index contributed by atoms with van der Waals surface area (Å²) in [6.45, 7) is 3.72. The van der Waals surface area contributed by atoms with Gasteiger partial charge < -0.3 is 4.90 Å². The van der Waals surface area contributed by atoms with Crippen LogP contribution < -0.4 is 5.56 Å². The van der Waals surface area contributed by atoms with E-state index in [1.165, 1.54) is 4.90 Å². The molecular formula is C26H23Cl2N3O2. The fourth-order valence-corrected chi connectivity index (χ4v) is 4.37. The highest BCUT2D eigenvalue weighted by atomic mass is 35.5. The predicted octanol–water partition coefficient (Wildman–Crippen LogP) is 5.85. The van der Waals surface area contributed by atoms with E-state index in [2.05, 4.69) is 0 Å². The number of halogens is 2. The third-order valence-corrected chi connectivity index (χ3v) is 6.49. The first-order valence-corrected chi connectivity index (χ1v) is 11.3. The van der Waals surface area contributed by atoms with E-state index < -0.39 is 11.4 Å². The van der Waals surface area contributed by atoms with Crippen LogP contribution in [0.2, 0.25) is 5.02 Å². The summed E-state index contributed by atoms with van der Waals surface area (Å²) in [6, 6.07) is 21.2. The molecule has 0 N–H and O–H groups in total. The fourth-order valence-electron chi connectivity index (χ4n) is 3.84. The number of nitrogens with zero attached hydrogens (tertiary/aromatic N) is 3. The third kappa shape index (κ3) is 4.39. The van der Waals surface area contributed by atoms with Gasteiger partial charge in [-0.25, -0.2) is 4.98 Å². The number of hydrogen-bond donors (Lipinski definition) is 0. The van der Waals surface area contributed by atoms with Crippen molar-refractivity contribution in [1.29, 1.82) is 0 Å². The highest BCUT2D eigenvalue weighted by Crippen LogP contribution is 2.29. The van der Waals surface area contributed by atoms with Crippen LogP contribution in [0.3, 0.4) is 0 Å². The van der Waals surface area contributed by atoms with E-state index in [1.807, 2.05) is 50.2 Å². The zero-order valence-electron chi connectivity index (χ0n) is 18.5. The number of hydrogen-bond acceptors (Lipinski definition) is 3. The molecule has 4 rings (SSSR count). The minimum atomic E-state index is -0.850. The summed E-state index contributed by atoms with van der Waals surface area (Å²) in [5.41, 5.74) is 2.55. The quantitative estimate of drug-likeness (QED) is 0.337. The number of fused-ring (bicyclic) bond motifs is 1. The van der Waals surface area contributed by atoms with E-state index in [9.17, 15) is 9.59 Å². The summed E-state index contributed by atoms with van der Waals surface area (Å²) in [5, 5.41) is 0.223. The van der Waals surface area contributed by atoms with Gasteiger partial charge in [0.05, 0.1) is 22.6 Å². The van der Waals surface area contributed by atoms with Crippen LogP contribution in [0.4, 0.5) is 0 Å². The summed E-state index contributed by atoms with van der Waals surface area (Å²) >= 11 is 12.7. The van der Waals surface area contributed by atoms with Gasteiger partial charge in [0.15, 0.2) is 0 Å². The molecule has 2 unspecified atom stereocenters. The predicted molar refractivity (Wildman–Crippen MR) is 133 cm³/mol. The zero-order valence-corrected chi connectivity index (χ0v) is 20.0. The van der Waals surface area contributed by atoms with Gasteiger partial charge in [-0.05, 0) is 55.3 Å². The van der Waals surface area contributed by atoms with Crippen molar-refractivity contribution in [2.45, 2.75) is 25.3 Å². The lowest BCUT2D eigenvalue weighted by Crippen LogP contribution is -2.36. The van der Waals surface area contributed by atoms with E-state index in [1.54, 1.807) is 48.0 Å². The van der Waals surface area contributed by atoms with Gasteiger partial charge in [0.25, 0.3) is 5.56 Å². The molecule has 0 spiro atoms. The average molecular weight is 480 g/mol. The van der Waals surface area contributed by atoms with E-state index in [-0.39, 0.29) is 11.5 Å². The molecule has 0 aliphatic rings. The van der Waals surface area contributed by atoms with Gasteiger partial charge in [-0.1, -0.05) is 54.1 Å². The first kappa shape index (κ1) is 23.0. The molecule has 0 saturated heterocycles. The van der Waals surface area contributed by atoms with Gasteiger partial charge in [0.2, 0.25) is 5.91 Å². The second kappa shape index (κ2) is 9.38.